The van der Waals surface area contributed by atoms with Crippen LogP contribution in [0.15, 0.2) is 34.9 Å². The van der Waals surface area contributed by atoms with Gasteiger partial charge < -0.3 is 14.9 Å². The summed E-state index contributed by atoms with van der Waals surface area (Å²) < 4.78 is 5.25. The van der Waals surface area contributed by atoms with Crippen LogP contribution in [0.1, 0.15) is 53.4 Å². The number of hydrogen-bond donors (Lipinski definition) is 2. The predicted molar refractivity (Wildman–Crippen MR) is 89.3 cm³/mol. The van der Waals surface area contributed by atoms with E-state index in [4.69, 9.17) is 14.9 Å². The highest BCUT2D eigenvalue weighted by molar-refractivity contribution is 5.05. The minimum Gasteiger partial charge on any atom is -0.394 e. The zero-order chi connectivity index (χ0) is 16.1. The van der Waals surface area contributed by atoms with Gasteiger partial charge in [-0.05, 0) is 53.4 Å². The molecule has 122 valence electrons. The first kappa shape index (κ1) is 20.1. The van der Waals surface area contributed by atoms with Gasteiger partial charge in [-0.1, -0.05) is 34.9 Å². The summed E-state index contributed by atoms with van der Waals surface area (Å²) in [5, 5.41) is 17.8. The van der Waals surface area contributed by atoms with E-state index in [1.54, 1.807) is 0 Å². The molecular weight excluding hydrogens is 264 g/mol. The average molecular weight is 296 g/mol. The van der Waals surface area contributed by atoms with Gasteiger partial charge in [0.2, 0.25) is 0 Å². The largest absolute Gasteiger partial charge is 0.394 e. The van der Waals surface area contributed by atoms with E-state index in [0.29, 0.717) is 6.61 Å². The van der Waals surface area contributed by atoms with Crippen LogP contribution in [0.4, 0.5) is 0 Å². The van der Waals surface area contributed by atoms with Crippen LogP contribution in [0.5, 0.6) is 0 Å². The molecule has 0 rings (SSSR count). The fourth-order valence-corrected chi connectivity index (χ4v) is 1.80. The lowest BCUT2D eigenvalue weighted by atomic mass is 10.1. The smallest absolute Gasteiger partial charge is 0.100 e. The number of allylic oxidation sites excluding steroid dienone is 5. The van der Waals surface area contributed by atoms with Crippen molar-refractivity contribution in [3.05, 3.63) is 34.9 Å². The maximum absolute atomic E-state index is 9.12. The second-order valence-corrected chi connectivity index (χ2v) is 5.83. The van der Waals surface area contributed by atoms with E-state index in [-0.39, 0.29) is 13.2 Å². The quantitative estimate of drug-likeness (QED) is 0.451. The van der Waals surface area contributed by atoms with Crippen LogP contribution in [-0.2, 0) is 4.74 Å². The first-order valence-corrected chi connectivity index (χ1v) is 7.77. The molecule has 2 N–H and O–H groups in total. The number of ether oxygens (including phenoxy) is 1. The highest BCUT2D eigenvalue weighted by atomic mass is 16.5. The topological polar surface area (TPSA) is 49.7 Å². The lowest BCUT2D eigenvalue weighted by Crippen LogP contribution is -2.19. The molecule has 21 heavy (non-hydrogen) atoms. The molecular formula is C18H32O3. The minimum absolute atomic E-state index is 0.184. The fourth-order valence-electron chi connectivity index (χ4n) is 1.80. The van der Waals surface area contributed by atoms with Crippen LogP contribution < -0.4 is 0 Å². The third-order valence-electron chi connectivity index (χ3n) is 3.19. The molecule has 0 aliphatic carbocycles. The Morgan fingerprint density at radius 2 is 1.52 bits per heavy atom. The summed E-state index contributed by atoms with van der Waals surface area (Å²) in [6.07, 6.45) is 10.2. The van der Waals surface area contributed by atoms with Crippen LogP contribution in [0.3, 0.4) is 0 Å². The summed E-state index contributed by atoms with van der Waals surface area (Å²) in [7, 11) is 0. The van der Waals surface area contributed by atoms with Gasteiger partial charge in [-0.15, -0.1) is 0 Å². The summed E-state index contributed by atoms with van der Waals surface area (Å²) in [5.41, 5.74) is 4.12. The highest BCUT2D eigenvalue weighted by Crippen LogP contribution is 2.11. The Hall–Kier alpha value is -0.900. The van der Waals surface area contributed by atoms with Crippen molar-refractivity contribution in [2.24, 2.45) is 0 Å². The molecule has 0 aromatic heterocycles. The van der Waals surface area contributed by atoms with Crippen molar-refractivity contribution in [2.45, 2.75) is 59.5 Å². The average Bonchev–Trinajstić information content (AvgIpc) is 2.42. The number of aliphatic hydroxyl groups excluding tert-OH is 2. The Morgan fingerprint density at radius 1 is 0.952 bits per heavy atom. The normalized spacial score (nSPS) is 14.2. The number of rotatable bonds is 11. The predicted octanol–water partition coefficient (Wildman–Crippen LogP) is 3.78. The molecule has 0 amide bonds. The zero-order valence-electron chi connectivity index (χ0n) is 14.1. The van der Waals surface area contributed by atoms with Crippen LogP contribution in [0.25, 0.3) is 0 Å². The van der Waals surface area contributed by atoms with E-state index in [0.717, 1.165) is 25.7 Å². The van der Waals surface area contributed by atoms with Gasteiger partial charge in [0, 0.05) is 0 Å². The van der Waals surface area contributed by atoms with Gasteiger partial charge >= 0.3 is 0 Å². The van der Waals surface area contributed by atoms with E-state index in [1.165, 1.54) is 16.7 Å². The molecule has 1 atom stereocenters. The molecule has 0 aromatic rings. The van der Waals surface area contributed by atoms with Gasteiger partial charge in [0.1, 0.15) is 6.10 Å². The molecule has 0 heterocycles. The minimum atomic E-state index is -0.773. The molecule has 0 unspecified atom stereocenters. The van der Waals surface area contributed by atoms with Crippen LogP contribution >= 0.6 is 0 Å². The van der Waals surface area contributed by atoms with Gasteiger partial charge in [0.25, 0.3) is 0 Å². The van der Waals surface area contributed by atoms with E-state index >= 15 is 0 Å². The molecule has 0 aliphatic heterocycles. The monoisotopic (exact) mass is 296 g/mol. The van der Waals surface area contributed by atoms with Crippen LogP contribution in [0, 0.1) is 0 Å². The molecule has 0 fully saturated rings. The zero-order valence-corrected chi connectivity index (χ0v) is 14.1. The molecule has 0 bridgehead atoms. The Kier molecular flexibility index (Phi) is 12.3. The van der Waals surface area contributed by atoms with Crippen molar-refractivity contribution >= 4 is 0 Å². The van der Waals surface area contributed by atoms with E-state index in [2.05, 4.69) is 39.8 Å². The summed E-state index contributed by atoms with van der Waals surface area (Å²) in [6.45, 7) is 8.98. The lowest BCUT2D eigenvalue weighted by molar-refractivity contribution is 0.0148. The van der Waals surface area contributed by atoms with E-state index in [9.17, 15) is 0 Å². The summed E-state index contributed by atoms with van der Waals surface area (Å²) in [6, 6.07) is 0. The van der Waals surface area contributed by atoms with E-state index < -0.39 is 6.10 Å². The van der Waals surface area contributed by atoms with Crippen molar-refractivity contribution < 1.29 is 14.9 Å². The summed E-state index contributed by atoms with van der Waals surface area (Å²) >= 11 is 0. The summed E-state index contributed by atoms with van der Waals surface area (Å²) in [4.78, 5) is 0. The maximum atomic E-state index is 9.12. The van der Waals surface area contributed by atoms with Crippen molar-refractivity contribution in [1.29, 1.82) is 0 Å². The number of aliphatic hydroxyl groups is 2. The third kappa shape index (κ3) is 13.8. The fraction of sp³-hybridized carbons (Fsp3) is 0.667. The van der Waals surface area contributed by atoms with Crippen molar-refractivity contribution in [3.63, 3.8) is 0 Å². The van der Waals surface area contributed by atoms with Gasteiger partial charge in [0.15, 0.2) is 0 Å². The van der Waals surface area contributed by atoms with Crippen molar-refractivity contribution in [3.8, 4) is 0 Å². The first-order valence-electron chi connectivity index (χ1n) is 7.77. The molecule has 3 nitrogen and oxygen atoms in total. The first-order chi connectivity index (χ1) is 9.95. The Balaban J connectivity index is 3.80. The molecule has 0 radical (unpaired) electrons. The van der Waals surface area contributed by atoms with Gasteiger partial charge in [-0.3, -0.25) is 0 Å². The SMILES string of the molecule is CC(C)=CCC/C(C)=C/CC/C(C)=C/COC[C@@H](O)CO. The van der Waals surface area contributed by atoms with Gasteiger partial charge in [-0.2, -0.15) is 0 Å². The number of hydrogen-bond acceptors (Lipinski definition) is 3. The standard InChI is InChI=1S/C18H32O3/c1-15(2)7-5-8-16(3)9-6-10-17(4)11-12-21-14-18(20)13-19/h7,9,11,18-20H,5-6,8,10,12-14H2,1-4H3/b16-9+,17-11+/t18-/m0/s1. The maximum Gasteiger partial charge on any atom is 0.100 e. The van der Waals surface area contributed by atoms with Gasteiger partial charge in [0.05, 0.1) is 19.8 Å². The Labute approximate surface area is 130 Å². The molecule has 0 saturated carbocycles. The highest BCUT2D eigenvalue weighted by Gasteiger charge is 1.99. The van der Waals surface area contributed by atoms with Gasteiger partial charge in [-0.25, -0.2) is 0 Å². The van der Waals surface area contributed by atoms with E-state index in [1.807, 2.05) is 6.08 Å². The summed E-state index contributed by atoms with van der Waals surface area (Å²) in [5.74, 6) is 0. The molecule has 0 saturated heterocycles. The molecule has 0 aromatic carbocycles. The third-order valence-corrected chi connectivity index (χ3v) is 3.19. The molecule has 0 spiro atoms. The molecule has 0 aliphatic rings. The van der Waals surface area contributed by atoms with Crippen molar-refractivity contribution in [1.82, 2.24) is 0 Å². The van der Waals surface area contributed by atoms with Crippen molar-refractivity contribution in [2.75, 3.05) is 19.8 Å². The second-order valence-electron chi connectivity index (χ2n) is 5.83. The Bertz CT molecular complexity index is 349. The Morgan fingerprint density at radius 3 is 2.10 bits per heavy atom. The van der Waals surface area contributed by atoms with Crippen LogP contribution in [0.2, 0.25) is 0 Å². The lowest BCUT2D eigenvalue weighted by Gasteiger charge is -2.06. The molecule has 3 heteroatoms. The van der Waals surface area contributed by atoms with Crippen LogP contribution in [-0.4, -0.2) is 36.1 Å². The second kappa shape index (κ2) is 12.8.